The smallest absolute Gasteiger partial charge is 0.191 e. The maximum atomic E-state index is 5.57. The first-order chi connectivity index (χ1) is 11.2. The van der Waals surface area contributed by atoms with Crippen LogP contribution in [0.4, 0.5) is 0 Å². The van der Waals surface area contributed by atoms with E-state index in [0.717, 1.165) is 56.8 Å². The van der Waals surface area contributed by atoms with Crippen LogP contribution in [0.2, 0.25) is 0 Å². The molecule has 0 spiro atoms. The molecule has 2 atom stereocenters. The van der Waals surface area contributed by atoms with Gasteiger partial charge in [0.05, 0.1) is 6.54 Å². The summed E-state index contributed by atoms with van der Waals surface area (Å²) >= 11 is 2.06. The maximum Gasteiger partial charge on any atom is 0.191 e. The standard InChI is InChI=1S/C18H35N3OS.HI/c1-4-19-17(21-16-8-6-7-15(3)13-16)20-14-18(23-5-2)9-11-22-12-10-18;/h15-16H,4-14H2,1-3H3,(H2,19,20,21);1H. The quantitative estimate of drug-likeness (QED) is 0.350. The number of halogens is 1. The van der Waals surface area contributed by atoms with Gasteiger partial charge < -0.3 is 15.4 Å². The summed E-state index contributed by atoms with van der Waals surface area (Å²) in [5.41, 5.74) is 0. The van der Waals surface area contributed by atoms with E-state index in [-0.39, 0.29) is 28.7 Å². The van der Waals surface area contributed by atoms with Crippen LogP contribution in [-0.2, 0) is 4.74 Å². The van der Waals surface area contributed by atoms with Crippen molar-refractivity contribution in [1.29, 1.82) is 0 Å². The summed E-state index contributed by atoms with van der Waals surface area (Å²) in [5.74, 6) is 3.00. The minimum atomic E-state index is 0. The van der Waals surface area contributed by atoms with Crippen LogP contribution in [0.15, 0.2) is 4.99 Å². The Balaban J connectivity index is 0.00000288. The number of guanidine groups is 1. The fourth-order valence-corrected chi connectivity index (χ4v) is 4.92. The lowest BCUT2D eigenvalue weighted by molar-refractivity contribution is 0.0793. The lowest BCUT2D eigenvalue weighted by Gasteiger charge is -2.35. The van der Waals surface area contributed by atoms with Gasteiger partial charge in [-0.1, -0.05) is 26.7 Å². The molecule has 6 heteroatoms. The highest BCUT2D eigenvalue weighted by atomic mass is 127. The summed E-state index contributed by atoms with van der Waals surface area (Å²) in [5, 5.41) is 7.13. The zero-order chi connectivity index (χ0) is 16.5. The van der Waals surface area contributed by atoms with Gasteiger partial charge in [0.1, 0.15) is 0 Å². The van der Waals surface area contributed by atoms with Crippen molar-refractivity contribution >= 4 is 41.7 Å². The normalized spacial score (nSPS) is 27.2. The number of nitrogens with zero attached hydrogens (tertiary/aromatic N) is 1. The molecule has 1 heterocycles. The summed E-state index contributed by atoms with van der Waals surface area (Å²) in [4.78, 5) is 4.97. The van der Waals surface area contributed by atoms with Crippen molar-refractivity contribution in [2.24, 2.45) is 10.9 Å². The van der Waals surface area contributed by atoms with Crippen LogP contribution in [0.5, 0.6) is 0 Å². The molecule has 1 saturated carbocycles. The number of nitrogens with one attached hydrogen (secondary N) is 2. The second kappa shape index (κ2) is 11.8. The van der Waals surface area contributed by atoms with E-state index in [0.29, 0.717) is 6.04 Å². The van der Waals surface area contributed by atoms with Gasteiger partial charge in [-0.05, 0) is 44.3 Å². The van der Waals surface area contributed by atoms with Gasteiger partial charge in [-0.2, -0.15) is 11.8 Å². The molecule has 0 aromatic rings. The van der Waals surface area contributed by atoms with Crippen molar-refractivity contribution in [3.63, 3.8) is 0 Å². The highest BCUT2D eigenvalue weighted by Crippen LogP contribution is 2.35. The molecule has 2 rings (SSSR count). The van der Waals surface area contributed by atoms with Gasteiger partial charge in [0.15, 0.2) is 5.96 Å². The van der Waals surface area contributed by atoms with Gasteiger partial charge in [0, 0.05) is 30.5 Å². The molecule has 2 fully saturated rings. The number of hydrogen-bond donors (Lipinski definition) is 2. The van der Waals surface area contributed by atoms with Crippen molar-refractivity contribution in [3.8, 4) is 0 Å². The number of aliphatic imine (C=N–C) groups is 1. The number of hydrogen-bond acceptors (Lipinski definition) is 3. The molecule has 142 valence electrons. The van der Waals surface area contributed by atoms with Gasteiger partial charge in [-0.25, -0.2) is 0 Å². The predicted molar refractivity (Wildman–Crippen MR) is 117 cm³/mol. The molecule has 1 aliphatic heterocycles. The zero-order valence-corrected chi connectivity index (χ0v) is 18.8. The Bertz CT molecular complexity index is 370. The molecule has 0 radical (unpaired) electrons. The van der Waals surface area contributed by atoms with Crippen molar-refractivity contribution in [1.82, 2.24) is 10.6 Å². The average Bonchev–Trinajstić information content (AvgIpc) is 2.54. The van der Waals surface area contributed by atoms with E-state index in [9.17, 15) is 0 Å². The Morgan fingerprint density at radius 3 is 2.62 bits per heavy atom. The highest BCUT2D eigenvalue weighted by Gasteiger charge is 2.32. The average molecular weight is 469 g/mol. The van der Waals surface area contributed by atoms with E-state index in [1.165, 1.54) is 25.7 Å². The fraction of sp³-hybridized carbons (Fsp3) is 0.944. The SMILES string of the molecule is CCNC(=NCC1(SCC)CCOCC1)NC1CCCC(C)C1.I. The Morgan fingerprint density at radius 1 is 1.25 bits per heavy atom. The Hall–Kier alpha value is 0.310. The molecule has 1 saturated heterocycles. The lowest BCUT2D eigenvalue weighted by Crippen LogP contribution is -2.46. The van der Waals surface area contributed by atoms with E-state index in [1.54, 1.807) is 0 Å². The minimum absolute atomic E-state index is 0. The molecular formula is C18H36IN3OS. The van der Waals surface area contributed by atoms with Gasteiger partial charge >= 0.3 is 0 Å². The number of thioether (sulfide) groups is 1. The van der Waals surface area contributed by atoms with E-state index in [1.807, 2.05) is 0 Å². The lowest BCUT2D eigenvalue weighted by atomic mass is 9.87. The van der Waals surface area contributed by atoms with Crippen LogP contribution >= 0.6 is 35.7 Å². The Kier molecular flexibility index (Phi) is 11.0. The first kappa shape index (κ1) is 22.4. The van der Waals surface area contributed by atoms with Gasteiger partial charge in [-0.15, -0.1) is 24.0 Å². The molecule has 2 N–H and O–H groups in total. The molecule has 2 aliphatic rings. The first-order valence-corrected chi connectivity index (χ1v) is 10.4. The van der Waals surface area contributed by atoms with Crippen molar-refractivity contribution in [2.45, 2.75) is 70.1 Å². The van der Waals surface area contributed by atoms with E-state index < -0.39 is 0 Å². The monoisotopic (exact) mass is 469 g/mol. The molecule has 24 heavy (non-hydrogen) atoms. The van der Waals surface area contributed by atoms with Crippen LogP contribution < -0.4 is 10.6 Å². The van der Waals surface area contributed by atoms with E-state index >= 15 is 0 Å². The van der Waals surface area contributed by atoms with Crippen LogP contribution in [-0.4, -0.2) is 48.8 Å². The van der Waals surface area contributed by atoms with E-state index in [4.69, 9.17) is 9.73 Å². The number of ether oxygens (including phenoxy) is 1. The van der Waals surface area contributed by atoms with Crippen molar-refractivity contribution in [3.05, 3.63) is 0 Å². The summed E-state index contributed by atoms with van der Waals surface area (Å²) in [7, 11) is 0. The van der Waals surface area contributed by atoms with Gasteiger partial charge in [0.25, 0.3) is 0 Å². The third-order valence-electron chi connectivity index (χ3n) is 5.00. The van der Waals surface area contributed by atoms with Crippen LogP contribution in [0.1, 0.15) is 59.3 Å². The number of rotatable bonds is 6. The summed E-state index contributed by atoms with van der Waals surface area (Å²) in [6.07, 6.45) is 7.50. The van der Waals surface area contributed by atoms with E-state index in [2.05, 4.69) is 43.2 Å². The van der Waals surface area contributed by atoms with Crippen LogP contribution in [0.3, 0.4) is 0 Å². The second-order valence-corrected chi connectivity index (χ2v) is 8.77. The summed E-state index contributed by atoms with van der Waals surface area (Å²) in [6.45, 7) is 10.3. The molecule has 0 aromatic heterocycles. The predicted octanol–water partition coefficient (Wildman–Crippen LogP) is 4.04. The Morgan fingerprint density at radius 2 is 2.00 bits per heavy atom. The summed E-state index contributed by atoms with van der Waals surface area (Å²) < 4.78 is 5.84. The molecule has 4 nitrogen and oxygen atoms in total. The van der Waals surface area contributed by atoms with Crippen molar-refractivity contribution < 1.29 is 4.74 Å². The summed E-state index contributed by atoms with van der Waals surface area (Å²) in [6, 6.07) is 0.584. The fourth-order valence-electron chi connectivity index (χ4n) is 3.70. The molecule has 1 aliphatic carbocycles. The van der Waals surface area contributed by atoms with Gasteiger partial charge in [-0.3, -0.25) is 4.99 Å². The maximum absolute atomic E-state index is 5.57. The second-order valence-electron chi connectivity index (χ2n) is 7.04. The molecule has 2 unspecified atom stereocenters. The van der Waals surface area contributed by atoms with Crippen molar-refractivity contribution in [2.75, 3.05) is 32.1 Å². The molecule has 0 bridgehead atoms. The first-order valence-electron chi connectivity index (χ1n) is 9.44. The third kappa shape index (κ3) is 7.28. The topological polar surface area (TPSA) is 45.7 Å². The van der Waals surface area contributed by atoms with Crippen LogP contribution in [0, 0.1) is 5.92 Å². The third-order valence-corrected chi connectivity index (χ3v) is 6.44. The molecular weight excluding hydrogens is 433 g/mol. The zero-order valence-electron chi connectivity index (χ0n) is 15.6. The molecule has 0 aromatic carbocycles. The Labute approximate surface area is 169 Å². The van der Waals surface area contributed by atoms with Crippen LogP contribution in [0.25, 0.3) is 0 Å². The molecule has 0 amide bonds. The highest BCUT2D eigenvalue weighted by molar-refractivity contribution is 14.0. The largest absolute Gasteiger partial charge is 0.381 e. The minimum Gasteiger partial charge on any atom is -0.381 e. The van der Waals surface area contributed by atoms with Gasteiger partial charge in [0.2, 0.25) is 0 Å².